The molecule has 0 aliphatic carbocycles. The summed E-state index contributed by atoms with van der Waals surface area (Å²) < 4.78 is 0.594. The van der Waals surface area contributed by atoms with E-state index in [4.69, 9.17) is 0 Å². The molecule has 0 N–H and O–H groups in total. The van der Waals surface area contributed by atoms with Gasteiger partial charge in [-0.3, -0.25) is 0 Å². The highest BCUT2D eigenvalue weighted by molar-refractivity contribution is 8.19. The van der Waals surface area contributed by atoms with Gasteiger partial charge >= 0.3 is 0 Å². The quantitative estimate of drug-likeness (QED) is 0.543. The summed E-state index contributed by atoms with van der Waals surface area (Å²) in [4.78, 5) is 0. The summed E-state index contributed by atoms with van der Waals surface area (Å²) in [5, 5.41) is 5.58. The van der Waals surface area contributed by atoms with E-state index >= 15 is 0 Å². The van der Waals surface area contributed by atoms with Gasteiger partial charge in [-0.15, -0.1) is 23.5 Å². The molecule has 1 saturated heterocycles. The standard InChI is InChI=1S/C17H14S2/c1-3-7-14-12(5-1)11-13-6-2-4-8-15(13)16(14)17-18-9-10-19-17/h1-8,11,17H,9-10H2. The van der Waals surface area contributed by atoms with E-state index in [1.165, 1.54) is 38.6 Å². The SMILES string of the molecule is c1ccc2c(C3SCCS3)c3ccccc3cc2c1. The molecule has 0 amide bonds. The smallest absolute Gasteiger partial charge is 0.0763 e. The largest absolute Gasteiger partial charge is 0.142 e. The molecule has 0 unspecified atom stereocenters. The van der Waals surface area contributed by atoms with E-state index < -0.39 is 0 Å². The Morgan fingerprint density at radius 1 is 0.737 bits per heavy atom. The summed E-state index contributed by atoms with van der Waals surface area (Å²) in [6.07, 6.45) is 0. The Kier molecular flexibility index (Phi) is 2.93. The van der Waals surface area contributed by atoms with E-state index in [1.54, 1.807) is 0 Å². The molecule has 4 rings (SSSR count). The molecular formula is C17H14S2. The lowest BCUT2D eigenvalue weighted by atomic mass is 9.98. The number of thioether (sulfide) groups is 2. The van der Waals surface area contributed by atoms with Gasteiger partial charge < -0.3 is 0 Å². The molecule has 0 atom stereocenters. The number of hydrogen-bond donors (Lipinski definition) is 0. The maximum Gasteiger partial charge on any atom is 0.0763 e. The summed E-state index contributed by atoms with van der Waals surface area (Å²) in [6.45, 7) is 0. The van der Waals surface area contributed by atoms with Crippen molar-refractivity contribution < 1.29 is 0 Å². The lowest BCUT2D eigenvalue weighted by molar-refractivity contribution is 1.48. The van der Waals surface area contributed by atoms with Crippen molar-refractivity contribution in [2.45, 2.75) is 4.58 Å². The van der Waals surface area contributed by atoms with E-state index in [0.717, 1.165) is 0 Å². The second-order valence-electron chi connectivity index (χ2n) is 4.81. The molecule has 1 aliphatic rings. The fourth-order valence-corrected chi connectivity index (χ4v) is 5.83. The van der Waals surface area contributed by atoms with Crippen LogP contribution in [0.3, 0.4) is 0 Å². The van der Waals surface area contributed by atoms with Gasteiger partial charge in [-0.1, -0.05) is 48.5 Å². The summed E-state index contributed by atoms with van der Waals surface area (Å²) in [5.74, 6) is 2.54. The van der Waals surface area contributed by atoms with Gasteiger partial charge in [0.25, 0.3) is 0 Å². The van der Waals surface area contributed by atoms with Crippen LogP contribution in [0.4, 0.5) is 0 Å². The van der Waals surface area contributed by atoms with Gasteiger partial charge in [-0.05, 0) is 33.2 Å². The topological polar surface area (TPSA) is 0 Å². The van der Waals surface area contributed by atoms with Crippen LogP contribution in [-0.4, -0.2) is 11.5 Å². The van der Waals surface area contributed by atoms with Crippen molar-refractivity contribution in [1.29, 1.82) is 0 Å². The zero-order valence-corrected chi connectivity index (χ0v) is 12.1. The van der Waals surface area contributed by atoms with Crippen LogP contribution in [0.2, 0.25) is 0 Å². The summed E-state index contributed by atoms with van der Waals surface area (Å²) in [5.41, 5.74) is 1.53. The zero-order valence-electron chi connectivity index (χ0n) is 10.5. The maximum atomic E-state index is 2.32. The number of hydrogen-bond acceptors (Lipinski definition) is 2. The first-order valence-corrected chi connectivity index (χ1v) is 8.67. The lowest BCUT2D eigenvalue weighted by Gasteiger charge is -2.16. The van der Waals surface area contributed by atoms with Gasteiger partial charge in [0.1, 0.15) is 0 Å². The summed E-state index contributed by atoms with van der Waals surface area (Å²) in [6, 6.07) is 19.9. The molecule has 0 aromatic heterocycles. The first kappa shape index (κ1) is 11.7. The second-order valence-corrected chi connectivity index (χ2v) is 7.53. The molecule has 19 heavy (non-hydrogen) atoms. The molecule has 1 heterocycles. The monoisotopic (exact) mass is 282 g/mol. The van der Waals surface area contributed by atoms with Crippen LogP contribution in [-0.2, 0) is 0 Å². The van der Waals surface area contributed by atoms with Gasteiger partial charge in [0.05, 0.1) is 4.58 Å². The Hall–Kier alpha value is -1.12. The van der Waals surface area contributed by atoms with E-state index in [-0.39, 0.29) is 0 Å². The molecule has 0 bridgehead atoms. The Labute approximate surface area is 121 Å². The minimum atomic E-state index is 0.594. The first-order valence-electron chi connectivity index (χ1n) is 6.57. The maximum absolute atomic E-state index is 2.32. The Morgan fingerprint density at radius 2 is 1.26 bits per heavy atom. The fraction of sp³-hybridized carbons (Fsp3) is 0.176. The van der Waals surface area contributed by atoms with E-state index in [9.17, 15) is 0 Å². The second kappa shape index (κ2) is 4.77. The van der Waals surface area contributed by atoms with Crippen molar-refractivity contribution in [2.24, 2.45) is 0 Å². The first-order chi connectivity index (χ1) is 9.43. The molecule has 0 radical (unpaired) electrons. The third-order valence-electron chi connectivity index (χ3n) is 3.67. The molecule has 1 aliphatic heterocycles. The van der Waals surface area contributed by atoms with Crippen LogP contribution >= 0.6 is 23.5 Å². The molecule has 0 saturated carbocycles. The molecule has 1 fully saturated rings. The van der Waals surface area contributed by atoms with E-state index in [2.05, 4.69) is 78.1 Å². The average molecular weight is 282 g/mol. The third-order valence-corrected chi connectivity index (χ3v) is 6.70. The van der Waals surface area contributed by atoms with Crippen molar-refractivity contribution in [1.82, 2.24) is 0 Å². The number of fused-ring (bicyclic) bond motifs is 2. The van der Waals surface area contributed by atoms with Crippen LogP contribution in [0.15, 0.2) is 54.6 Å². The van der Waals surface area contributed by atoms with Crippen molar-refractivity contribution in [3.63, 3.8) is 0 Å². The molecular weight excluding hydrogens is 268 g/mol. The number of benzene rings is 3. The highest BCUT2D eigenvalue weighted by atomic mass is 32.2. The van der Waals surface area contributed by atoms with Crippen LogP contribution in [0.25, 0.3) is 21.5 Å². The van der Waals surface area contributed by atoms with Crippen molar-refractivity contribution >= 4 is 45.1 Å². The Bertz CT molecular complexity index is 688. The van der Waals surface area contributed by atoms with Crippen LogP contribution in [0.5, 0.6) is 0 Å². The van der Waals surface area contributed by atoms with Crippen molar-refractivity contribution in [3.05, 3.63) is 60.2 Å². The van der Waals surface area contributed by atoms with Gasteiger partial charge in [0, 0.05) is 11.5 Å². The highest BCUT2D eigenvalue weighted by Gasteiger charge is 2.22. The molecule has 3 aromatic rings. The van der Waals surface area contributed by atoms with Gasteiger partial charge in [0.15, 0.2) is 0 Å². The lowest BCUT2D eigenvalue weighted by Crippen LogP contribution is -1.90. The van der Waals surface area contributed by atoms with Gasteiger partial charge in [-0.25, -0.2) is 0 Å². The van der Waals surface area contributed by atoms with Gasteiger partial charge in [-0.2, -0.15) is 0 Å². The fourth-order valence-electron chi connectivity index (χ4n) is 2.83. The average Bonchev–Trinajstić information content (AvgIpc) is 2.98. The highest BCUT2D eigenvalue weighted by Crippen LogP contribution is 2.49. The van der Waals surface area contributed by atoms with Crippen LogP contribution in [0.1, 0.15) is 10.1 Å². The predicted octanol–water partition coefficient (Wildman–Crippen LogP) is 5.47. The van der Waals surface area contributed by atoms with Crippen molar-refractivity contribution in [2.75, 3.05) is 11.5 Å². The molecule has 3 aromatic carbocycles. The Morgan fingerprint density at radius 3 is 1.84 bits per heavy atom. The van der Waals surface area contributed by atoms with E-state index in [1.807, 2.05) is 0 Å². The zero-order chi connectivity index (χ0) is 12.7. The summed E-state index contributed by atoms with van der Waals surface area (Å²) >= 11 is 4.18. The van der Waals surface area contributed by atoms with Gasteiger partial charge in [0.2, 0.25) is 0 Å². The van der Waals surface area contributed by atoms with Crippen LogP contribution in [0, 0.1) is 0 Å². The molecule has 2 heteroatoms. The van der Waals surface area contributed by atoms with Crippen molar-refractivity contribution in [3.8, 4) is 0 Å². The third kappa shape index (κ3) is 1.94. The van der Waals surface area contributed by atoms with E-state index in [0.29, 0.717) is 4.58 Å². The summed E-state index contributed by atoms with van der Waals surface area (Å²) in [7, 11) is 0. The molecule has 94 valence electrons. The Balaban J connectivity index is 2.13. The molecule has 0 nitrogen and oxygen atoms in total. The van der Waals surface area contributed by atoms with Crippen LogP contribution < -0.4 is 0 Å². The molecule has 0 spiro atoms. The number of rotatable bonds is 1. The normalized spacial score (nSPS) is 16.4. The minimum absolute atomic E-state index is 0.594. The predicted molar refractivity (Wildman–Crippen MR) is 89.1 cm³/mol. The minimum Gasteiger partial charge on any atom is -0.142 e.